The Morgan fingerprint density at radius 3 is 2.42 bits per heavy atom. The molecule has 0 saturated carbocycles. The van der Waals surface area contributed by atoms with Crippen molar-refractivity contribution in [2.45, 2.75) is 32.8 Å². The molecule has 0 spiro atoms. The summed E-state index contributed by atoms with van der Waals surface area (Å²) in [6, 6.07) is 12.1. The Balaban J connectivity index is 1.42. The first-order valence-corrected chi connectivity index (χ1v) is 10.4. The summed E-state index contributed by atoms with van der Waals surface area (Å²) >= 11 is 0. The smallest absolute Gasteiger partial charge is 0.323 e. The Labute approximate surface area is 181 Å². The van der Waals surface area contributed by atoms with Gasteiger partial charge in [-0.15, -0.1) is 0 Å². The van der Waals surface area contributed by atoms with Crippen LogP contribution in [-0.4, -0.2) is 43.6 Å². The fraction of sp³-hybridized carbons (Fsp3) is 0.348. The van der Waals surface area contributed by atoms with Gasteiger partial charge in [-0.3, -0.25) is 9.59 Å². The fourth-order valence-corrected chi connectivity index (χ4v) is 3.22. The maximum Gasteiger partial charge on any atom is 0.323 e. The molecule has 1 aliphatic rings. The number of benzene rings is 2. The Bertz CT molecular complexity index is 937. The van der Waals surface area contributed by atoms with E-state index in [2.05, 4.69) is 21.3 Å². The van der Waals surface area contributed by atoms with Crippen molar-refractivity contribution in [3.63, 3.8) is 0 Å². The van der Waals surface area contributed by atoms with Gasteiger partial charge in [0, 0.05) is 36.6 Å². The van der Waals surface area contributed by atoms with Crippen molar-refractivity contribution in [1.29, 1.82) is 0 Å². The molecule has 1 atom stereocenters. The van der Waals surface area contributed by atoms with E-state index in [9.17, 15) is 14.4 Å². The van der Waals surface area contributed by atoms with Gasteiger partial charge in [0.1, 0.15) is 6.10 Å². The lowest BCUT2D eigenvalue weighted by Crippen LogP contribution is -2.39. The molecular weight excluding hydrogens is 396 g/mol. The maximum absolute atomic E-state index is 12.2. The Morgan fingerprint density at radius 2 is 1.71 bits per heavy atom. The zero-order valence-electron chi connectivity index (χ0n) is 17.8. The molecule has 1 heterocycles. The van der Waals surface area contributed by atoms with E-state index in [0.717, 1.165) is 29.7 Å². The molecule has 1 saturated heterocycles. The Morgan fingerprint density at radius 1 is 0.968 bits per heavy atom. The highest BCUT2D eigenvalue weighted by molar-refractivity contribution is 6.01. The van der Waals surface area contributed by atoms with E-state index < -0.39 is 0 Å². The summed E-state index contributed by atoms with van der Waals surface area (Å²) in [5, 5.41) is 11.1. The van der Waals surface area contributed by atoms with Crippen LogP contribution in [0.5, 0.6) is 0 Å². The lowest BCUT2D eigenvalue weighted by atomic mass is 10.1. The molecule has 4 N–H and O–H groups in total. The van der Waals surface area contributed by atoms with E-state index in [1.54, 1.807) is 24.3 Å². The number of carbonyl (C=O) groups excluding carboxylic acids is 3. The van der Waals surface area contributed by atoms with E-state index in [4.69, 9.17) is 4.74 Å². The molecule has 1 unspecified atom stereocenters. The number of urea groups is 1. The lowest BCUT2D eigenvalue weighted by Gasteiger charge is -2.12. The minimum absolute atomic E-state index is 0.138. The molecule has 1 fully saturated rings. The van der Waals surface area contributed by atoms with Crippen molar-refractivity contribution in [3.8, 4) is 0 Å². The topological polar surface area (TPSA) is 109 Å². The summed E-state index contributed by atoms with van der Waals surface area (Å²) < 4.78 is 5.31. The predicted molar refractivity (Wildman–Crippen MR) is 119 cm³/mol. The number of rotatable bonds is 7. The number of nitrogens with one attached hydrogen (secondary N) is 4. The van der Waals surface area contributed by atoms with Crippen LogP contribution in [0.2, 0.25) is 0 Å². The van der Waals surface area contributed by atoms with Gasteiger partial charge in [0.25, 0.3) is 5.91 Å². The second kappa shape index (κ2) is 10.6. The summed E-state index contributed by atoms with van der Waals surface area (Å²) in [5.74, 6) is -0.390. The SMILES string of the molecule is Cc1ccc(C)c(NC(=O)Nc2ccc(C(=O)NCCNC(=O)C3CCCO3)cc2)c1. The second-order valence-electron chi connectivity index (χ2n) is 7.52. The molecule has 1 aliphatic heterocycles. The number of ether oxygens (including phenoxy) is 1. The number of carbonyl (C=O) groups is 3. The van der Waals surface area contributed by atoms with Crippen molar-refractivity contribution >= 4 is 29.2 Å². The van der Waals surface area contributed by atoms with Gasteiger partial charge in [-0.05, 0) is 68.1 Å². The van der Waals surface area contributed by atoms with Gasteiger partial charge in [0.2, 0.25) is 5.91 Å². The molecule has 2 aromatic rings. The maximum atomic E-state index is 12.2. The number of hydrogen-bond donors (Lipinski definition) is 4. The molecule has 4 amide bonds. The molecule has 0 radical (unpaired) electrons. The number of hydrogen-bond acceptors (Lipinski definition) is 4. The molecule has 31 heavy (non-hydrogen) atoms. The lowest BCUT2D eigenvalue weighted by molar-refractivity contribution is -0.129. The van der Waals surface area contributed by atoms with Crippen molar-refractivity contribution in [2.24, 2.45) is 0 Å². The quantitative estimate of drug-likeness (QED) is 0.513. The van der Waals surface area contributed by atoms with Gasteiger partial charge in [-0.1, -0.05) is 12.1 Å². The number of anilines is 2. The minimum Gasteiger partial charge on any atom is -0.368 e. The summed E-state index contributed by atoms with van der Waals surface area (Å²) in [7, 11) is 0. The monoisotopic (exact) mass is 424 g/mol. The highest BCUT2D eigenvalue weighted by Crippen LogP contribution is 2.17. The largest absolute Gasteiger partial charge is 0.368 e. The van der Waals surface area contributed by atoms with Gasteiger partial charge in [0.05, 0.1) is 0 Å². The fourth-order valence-electron chi connectivity index (χ4n) is 3.22. The summed E-state index contributed by atoms with van der Waals surface area (Å²) in [5.41, 5.74) is 3.82. The van der Waals surface area contributed by atoms with Crippen molar-refractivity contribution in [1.82, 2.24) is 10.6 Å². The summed E-state index contributed by atoms with van der Waals surface area (Å²) in [4.78, 5) is 36.3. The van der Waals surface area contributed by atoms with Crippen LogP contribution in [0.3, 0.4) is 0 Å². The average molecular weight is 425 g/mol. The van der Waals surface area contributed by atoms with E-state index in [0.29, 0.717) is 30.9 Å². The van der Waals surface area contributed by atoms with E-state index in [1.165, 1.54) is 0 Å². The third-order valence-electron chi connectivity index (χ3n) is 4.98. The minimum atomic E-state index is -0.372. The summed E-state index contributed by atoms with van der Waals surface area (Å²) in [6.07, 6.45) is 1.26. The zero-order valence-corrected chi connectivity index (χ0v) is 17.8. The average Bonchev–Trinajstić information content (AvgIpc) is 3.29. The molecule has 0 bridgehead atoms. The van der Waals surface area contributed by atoms with Crippen molar-refractivity contribution in [2.75, 3.05) is 30.3 Å². The van der Waals surface area contributed by atoms with Crippen molar-refractivity contribution < 1.29 is 19.1 Å². The first-order chi connectivity index (χ1) is 14.9. The van der Waals surface area contributed by atoms with E-state index in [1.807, 2.05) is 32.0 Å². The van der Waals surface area contributed by atoms with E-state index in [-0.39, 0.29) is 23.9 Å². The van der Waals surface area contributed by atoms with Gasteiger partial charge in [0.15, 0.2) is 0 Å². The Kier molecular flexibility index (Phi) is 7.61. The number of amides is 4. The summed E-state index contributed by atoms with van der Waals surface area (Å²) in [6.45, 7) is 5.16. The molecule has 0 aliphatic carbocycles. The van der Waals surface area contributed by atoms with Crippen LogP contribution in [-0.2, 0) is 9.53 Å². The van der Waals surface area contributed by atoms with Crippen molar-refractivity contribution in [3.05, 3.63) is 59.2 Å². The molecule has 2 aromatic carbocycles. The third kappa shape index (κ3) is 6.55. The normalized spacial score (nSPS) is 15.2. The van der Waals surface area contributed by atoms with Crippen LogP contribution in [0, 0.1) is 13.8 Å². The molecule has 3 rings (SSSR count). The number of aryl methyl sites for hydroxylation is 2. The first-order valence-electron chi connectivity index (χ1n) is 10.4. The van der Waals surface area contributed by atoms with Crippen LogP contribution in [0.1, 0.15) is 34.3 Å². The van der Waals surface area contributed by atoms with Crippen LogP contribution >= 0.6 is 0 Å². The zero-order chi connectivity index (χ0) is 22.2. The molecular formula is C23H28N4O4. The van der Waals surface area contributed by atoms with Gasteiger partial charge >= 0.3 is 6.03 Å². The first kappa shape index (κ1) is 22.3. The standard InChI is InChI=1S/C23H28N4O4/c1-15-5-6-16(2)19(14-15)27-23(30)26-18-9-7-17(8-10-18)21(28)24-11-12-25-22(29)20-4-3-13-31-20/h5-10,14,20H,3-4,11-13H2,1-2H3,(H,24,28)(H,25,29)(H2,26,27,30). The highest BCUT2D eigenvalue weighted by Gasteiger charge is 2.22. The molecule has 0 aromatic heterocycles. The van der Waals surface area contributed by atoms with Crippen LogP contribution in [0.15, 0.2) is 42.5 Å². The molecule has 8 heteroatoms. The van der Waals surface area contributed by atoms with Crippen LogP contribution in [0.25, 0.3) is 0 Å². The van der Waals surface area contributed by atoms with Crippen LogP contribution < -0.4 is 21.3 Å². The third-order valence-corrected chi connectivity index (χ3v) is 4.98. The van der Waals surface area contributed by atoms with Gasteiger partial charge < -0.3 is 26.0 Å². The van der Waals surface area contributed by atoms with Gasteiger partial charge in [-0.2, -0.15) is 0 Å². The molecule has 8 nitrogen and oxygen atoms in total. The second-order valence-corrected chi connectivity index (χ2v) is 7.52. The van der Waals surface area contributed by atoms with Gasteiger partial charge in [-0.25, -0.2) is 4.79 Å². The van der Waals surface area contributed by atoms with Crippen LogP contribution in [0.4, 0.5) is 16.2 Å². The highest BCUT2D eigenvalue weighted by atomic mass is 16.5. The predicted octanol–water partition coefficient (Wildman–Crippen LogP) is 2.97. The van der Waals surface area contributed by atoms with E-state index >= 15 is 0 Å². The Hall–Kier alpha value is -3.39. The molecule has 164 valence electrons.